The zero-order valence-corrected chi connectivity index (χ0v) is 14.1. The second-order valence-electron chi connectivity index (χ2n) is 6.05. The van der Waals surface area contributed by atoms with Crippen LogP contribution in [0, 0.1) is 0 Å². The van der Waals surface area contributed by atoms with Crippen LogP contribution >= 0.6 is 23.8 Å². The van der Waals surface area contributed by atoms with Gasteiger partial charge < -0.3 is 5.32 Å². The van der Waals surface area contributed by atoms with Gasteiger partial charge in [-0.25, -0.2) is 0 Å². The Bertz CT molecular complexity index is 576. The van der Waals surface area contributed by atoms with Crippen LogP contribution in [0.3, 0.4) is 0 Å². The summed E-state index contributed by atoms with van der Waals surface area (Å²) in [6.45, 7) is 1.58. The molecule has 1 aliphatic carbocycles. The molecular weight excluding hydrogens is 318 g/mol. The number of hydrogen-bond donors (Lipinski definition) is 3. The number of rotatable bonds is 3. The van der Waals surface area contributed by atoms with E-state index in [0.717, 1.165) is 18.5 Å². The number of halogens is 1. The molecule has 0 amide bonds. The van der Waals surface area contributed by atoms with Crippen molar-refractivity contribution < 1.29 is 4.79 Å². The first kappa shape index (κ1) is 15.9. The van der Waals surface area contributed by atoms with Crippen LogP contribution in [0.5, 0.6) is 0 Å². The molecule has 1 saturated heterocycles. The number of fused-ring (bicyclic) bond motifs is 1. The van der Waals surface area contributed by atoms with Crippen LogP contribution in [0.4, 0.5) is 5.69 Å². The molecule has 4 nitrogen and oxygen atoms in total. The van der Waals surface area contributed by atoms with Crippen LogP contribution in [0.25, 0.3) is 0 Å². The van der Waals surface area contributed by atoms with Crippen molar-refractivity contribution in [1.82, 2.24) is 10.6 Å². The Kier molecular flexibility index (Phi) is 4.50. The van der Waals surface area contributed by atoms with Crippen molar-refractivity contribution in [1.29, 1.82) is 0 Å². The molecule has 0 unspecified atom stereocenters. The Morgan fingerprint density at radius 1 is 1.23 bits per heavy atom. The van der Waals surface area contributed by atoms with Gasteiger partial charge in [0.1, 0.15) is 4.99 Å². The molecule has 22 heavy (non-hydrogen) atoms. The second-order valence-corrected chi connectivity index (χ2v) is 6.90. The summed E-state index contributed by atoms with van der Waals surface area (Å²) in [5.74, 6) is -0.00614. The van der Waals surface area contributed by atoms with Crippen molar-refractivity contribution in [3.63, 3.8) is 0 Å². The molecule has 1 aromatic carbocycles. The van der Waals surface area contributed by atoms with E-state index in [2.05, 4.69) is 16.0 Å². The smallest absolute Gasteiger partial charge is 0.181 e. The number of Topliss-reactive ketones (excluding diaryl/α,β-unsaturated/α-hetero) is 1. The number of hydrogen-bond acceptors (Lipinski definition) is 4. The lowest BCUT2D eigenvalue weighted by Crippen LogP contribution is -2.63. The zero-order chi connectivity index (χ0) is 15.7. The van der Waals surface area contributed by atoms with Crippen molar-refractivity contribution in [3.05, 3.63) is 29.3 Å². The van der Waals surface area contributed by atoms with Gasteiger partial charge in [0.2, 0.25) is 0 Å². The molecular formula is C16H20ClN3OS. The molecule has 3 rings (SSSR count). The average molecular weight is 338 g/mol. The number of thiocarbonyl (C=S) groups is 1. The van der Waals surface area contributed by atoms with E-state index >= 15 is 0 Å². The third-order valence-corrected chi connectivity index (χ3v) is 5.20. The van der Waals surface area contributed by atoms with Gasteiger partial charge in [-0.15, -0.1) is 0 Å². The molecule has 2 fully saturated rings. The lowest BCUT2D eigenvalue weighted by atomic mass is 9.92. The van der Waals surface area contributed by atoms with Crippen LogP contribution in [0.2, 0.25) is 5.02 Å². The minimum Gasteiger partial charge on any atom is -0.347 e. The van der Waals surface area contributed by atoms with E-state index in [1.54, 1.807) is 19.1 Å². The van der Waals surface area contributed by atoms with Crippen LogP contribution in [0.15, 0.2) is 24.3 Å². The highest BCUT2D eigenvalue weighted by Gasteiger charge is 2.50. The maximum atomic E-state index is 12.3. The monoisotopic (exact) mass is 337 g/mol. The summed E-state index contributed by atoms with van der Waals surface area (Å²) in [6, 6.07) is 7.91. The van der Waals surface area contributed by atoms with Crippen LogP contribution in [0.1, 0.15) is 32.6 Å². The van der Waals surface area contributed by atoms with E-state index in [1.165, 1.54) is 12.8 Å². The summed E-state index contributed by atoms with van der Waals surface area (Å²) in [5, 5.41) is 10.7. The lowest BCUT2D eigenvalue weighted by molar-refractivity contribution is -0.121. The third-order valence-electron chi connectivity index (χ3n) is 4.54. The molecule has 1 aliphatic heterocycles. The number of carbonyl (C=O) groups is 1. The average Bonchev–Trinajstić information content (AvgIpc) is 2.90. The van der Waals surface area contributed by atoms with Crippen LogP contribution in [-0.4, -0.2) is 28.5 Å². The normalized spacial score (nSPS) is 26.3. The summed E-state index contributed by atoms with van der Waals surface area (Å²) >= 11 is 11.4. The van der Waals surface area contributed by atoms with Gasteiger partial charge in [-0.3, -0.25) is 15.4 Å². The van der Waals surface area contributed by atoms with E-state index in [9.17, 15) is 4.79 Å². The highest BCUT2D eigenvalue weighted by molar-refractivity contribution is 7.80. The Morgan fingerprint density at radius 2 is 1.77 bits per heavy atom. The topological polar surface area (TPSA) is 53.2 Å². The predicted octanol–water partition coefficient (Wildman–Crippen LogP) is 2.87. The van der Waals surface area contributed by atoms with Gasteiger partial charge in [-0.05, 0) is 44.0 Å². The van der Waals surface area contributed by atoms with Crippen LogP contribution in [-0.2, 0) is 4.79 Å². The molecule has 1 saturated carbocycles. The third kappa shape index (κ3) is 2.91. The molecule has 0 radical (unpaired) electrons. The second kappa shape index (κ2) is 6.24. The van der Waals surface area contributed by atoms with Crippen molar-refractivity contribution in [2.24, 2.45) is 0 Å². The quantitative estimate of drug-likeness (QED) is 0.740. The molecule has 2 atom stereocenters. The van der Waals surface area contributed by atoms with Gasteiger partial charge in [-0.2, -0.15) is 0 Å². The van der Waals surface area contributed by atoms with Gasteiger partial charge >= 0.3 is 0 Å². The lowest BCUT2D eigenvalue weighted by Gasteiger charge is -2.29. The van der Waals surface area contributed by atoms with E-state index in [1.807, 2.05) is 12.1 Å². The standard InChI is InChI=1S/C16H20ClN3OS/c1-10(21)16(19-13-4-2-3-5-14(13)20-16)15(22)18-12-8-6-11(17)7-9-12/h6-9,13-14,19-20H,2-5H2,1H3,(H,18,22)/t13-,14-/m1/s1. The first-order chi connectivity index (χ1) is 10.5. The molecule has 3 N–H and O–H groups in total. The SMILES string of the molecule is CC(=O)C1(C(=S)Nc2ccc(Cl)cc2)N[C@@H]2CCCC[C@H]2N1. The largest absolute Gasteiger partial charge is 0.347 e. The number of carbonyl (C=O) groups excluding carboxylic acids is 1. The maximum absolute atomic E-state index is 12.3. The summed E-state index contributed by atoms with van der Waals surface area (Å²) in [4.78, 5) is 12.8. The van der Waals surface area contributed by atoms with Crippen molar-refractivity contribution in [3.8, 4) is 0 Å². The number of anilines is 1. The fourth-order valence-corrected chi connectivity index (χ4v) is 3.83. The van der Waals surface area contributed by atoms with Crippen molar-refractivity contribution in [2.45, 2.75) is 50.4 Å². The Balaban J connectivity index is 1.80. The highest BCUT2D eigenvalue weighted by Crippen LogP contribution is 2.28. The number of nitrogens with one attached hydrogen (secondary N) is 3. The minimum atomic E-state index is -0.964. The molecule has 2 aliphatic rings. The van der Waals surface area contributed by atoms with Gasteiger partial charge in [0.05, 0.1) is 0 Å². The summed E-state index contributed by atoms with van der Waals surface area (Å²) < 4.78 is 0. The Hall–Kier alpha value is -1.01. The molecule has 1 aromatic rings. The summed E-state index contributed by atoms with van der Waals surface area (Å²) in [6.07, 6.45) is 4.55. The molecule has 118 valence electrons. The first-order valence-corrected chi connectivity index (χ1v) is 8.43. The molecule has 0 spiro atoms. The van der Waals surface area contributed by atoms with Gasteiger partial charge in [0, 0.05) is 22.8 Å². The Morgan fingerprint density at radius 3 is 2.27 bits per heavy atom. The molecule has 1 heterocycles. The van der Waals surface area contributed by atoms with Gasteiger partial charge in [-0.1, -0.05) is 36.7 Å². The van der Waals surface area contributed by atoms with Crippen molar-refractivity contribution in [2.75, 3.05) is 5.32 Å². The van der Waals surface area contributed by atoms with Gasteiger partial charge in [0.15, 0.2) is 11.4 Å². The maximum Gasteiger partial charge on any atom is 0.181 e. The van der Waals surface area contributed by atoms with Gasteiger partial charge in [0.25, 0.3) is 0 Å². The minimum absolute atomic E-state index is 0.00614. The molecule has 6 heteroatoms. The van der Waals surface area contributed by atoms with Crippen molar-refractivity contribution >= 4 is 40.3 Å². The predicted molar refractivity (Wildman–Crippen MR) is 93.4 cm³/mol. The van der Waals surface area contributed by atoms with E-state index in [0.29, 0.717) is 22.1 Å². The molecule has 0 aromatic heterocycles. The summed E-state index contributed by atoms with van der Waals surface area (Å²) in [5.41, 5.74) is -0.136. The van der Waals surface area contributed by atoms with E-state index in [-0.39, 0.29) is 5.78 Å². The fourth-order valence-electron chi connectivity index (χ4n) is 3.33. The van der Waals surface area contributed by atoms with Crippen LogP contribution < -0.4 is 16.0 Å². The molecule has 0 bridgehead atoms. The summed E-state index contributed by atoms with van der Waals surface area (Å²) in [7, 11) is 0. The highest BCUT2D eigenvalue weighted by atomic mass is 35.5. The number of ketones is 1. The van der Waals surface area contributed by atoms with E-state index < -0.39 is 5.66 Å². The number of benzene rings is 1. The fraction of sp³-hybridized carbons (Fsp3) is 0.500. The Labute approximate surface area is 141 Å². The van der Waals surface area contributed by atoms with E-state index in [4.69, 9.17) is 23.8 Å². The first-order valence-electron chi connectivity index (χ1n) is 7.65. The zero-order valence-electron chi connectivity index (χ0n) is 12.5.